The van der Waals surface area contributed by atoms with Gasteiger partial charge in [-0.2, -0.15) is 13.2 Å². The second-order valence-corrected chi connectivity index (χ2v) is 5.94. The van der Waals surface area contributed by atoms with E-state index in [0.29, 0.717) is 6.54 Å². The minimum absolute atomic E-state index is 0.0400. The maximum atomic E-state index is 12.2. The molecule has 1 aromatic carbocycles. The number of rotatable bonds is 8. The summed E-state index contributed by atoms with van der Waals surface area (Å²) < 4.78 is 37.6. The van der Waals surface area contributed by atoms with E-state index in [4.69, 9.17) is 0 Å². The molecule has 1 atom stereocenters. The van der Waals surface area contributed by atoms with Crippen molar-refractivity contribution in [1.82, 2.24) is 10.2 Å². The third kappa shape index (κ3) is 7.29. The molecule has 0 saturated heterocycles. The Labute approximate surface area is 132 Å². The van der Waals surface area contributed by atoms with E-state index in [9.17, 15) is 13.2 Å². The van der Waals surface area contributed by atoms with E-state index in [1.54, 1.807) is 11.9 Å². The Hall–Kier alpha value is -0.590. The van der Waals surface area contributed by atoms with Crippen LogP contribution in [0.3, 0.4) is 0 Å². The van der Waals surface area contributed by atoms with E-state index in [0.717, 1.165) is 23.0 Å². The molecule has 1 rings (SSSR count). The molecule has 2 nitrogen and oxygen atoms in total. The van der Waals surface area contributed by atoms with Crippen LogP contribution in [0.25, 0.3) is 0 Å². The van der Waals surface area contributed by atoms with Crippen molar-refractivity contribution in [2.45, 2.75) is 32.0 Å². The first-order chi connectivity index (χ1) is 9.83. The van der Waals surface area contributed by atoms with Gasteiger partial charge in [-0.1, -0.05) is 41.1 Å². The summed E-state index contributed by atoms with van der Waals surface area (Å²) in [5, 5.41) is 3.39. The maximum absolute atomic E-state index is 12.2. The van der Waals surface area contributed by atoms with Crippen molar-refractivity contribution in [2.24, 2.45) is 0 Å². The van der Waals surface area contributed by atoms with Gasteiger partial charge >= 0.3 is 6.18 Å². The van der Waals surface area contributed by atoms with E-state index >= 15 is 0 Å². The first-order valence-electron chi connectivity index (χ1n) is 7.06. The largest absolute Gasteiger partial charge is 0.390 e. The standard InChI is InChI=1S/C15H22BrF3N2/c1-3-20-14(12-6-4-5-7-13(12)16)8-10-21(2)11-9-15(17,18)19/h4-7,14,20H,3,8-11H2,1-2H3. The lowest BCUT2D eigenvalue weighted by atomic mass is 10.0. The summed E-state index contributed by atoms with van der Waals surface area (Å²) in [6, 6.07) is 8.07. The number of hydrogen-bond donors (Lipinski definition) is 1. The molecule has 21 heavy (non-hydrogen) atoms. The molecule has 0 aliphatic rings. The molecule has 6 heteroatoms. The Morgan fingerprint density at radius 3 is 2.48 bits per heavy atom. The fourth-order valence-corrected chi connectivity index (χ4v) is 2.71. The lowest BCUT2D eigenvalue weighted by Gasteiger charge is -2.24. The smallest absolute Gasteiger partial charge is 0.310 e. The van der Waals surface area contributed by atoms with E-state index in [1.165, 1.54) is 0 Å². The van der Waals surface area contributed by atoms with Crippen LogP contribution in [-0.2, 0) is 0 Å². The quantitative estimate of drug-likeness (QED) is 0.734. The van der Waals surface area contributed by atoms with Crippen LogP contribution in [0.4, 0.5) is 13.2 Å². The summed E-state index contributed by atoms with van der Waals surface area (Å²) in [6.07, 6.45) is -4.08. The van der Waals surface area contributed by atoms with Crippen LogP contribution < -0.4 is 5.32 Å². The van der Waals surface area contributed by atoms with Gasteiger partial charge in [0.15, 0.2) is 0 Å². The zero-order chi connectivity index (χ0) is 15.9. The maximum Gasteiger partial charge on any atom is 0.390 e. The van der Waals surface area contributed by atoms with Crippen molar-refractivity contribution in [3.8, 4) is 0 Å². The van der Waals surface area contributed by atoms with Gasteiger partial charge in [-0.15, -0.1) is 0 Å². The summed E-state index contributed by atoms with van der Waals surface area (Å²) >= 11 is 3.53. The number of alkyl halides is 3. The van der Waals surface area contributed by atoms with Crippen molar-refractivity contribution in [1.29, 1.82) is 0 Å². The molecule has 0 bridgehead atoms. The SMILES string of the molecule is CCNC(CCN(C)CCC(F)(F)F)c1ccccc1Br. The predicted octanol–water partition coefficient (Wildman–Crippen LogP) is 4.37. The summed E-state index contributed by atoms with van der Waals surface area (Å²) in [7, 11) is 1.73. The van der Waals surface area contributed by atoms with Crippen LogP contribution in [0.15, 0.2) is 28.7 Å². The van der Waals surface area contributed by atoms with Gasteiger partial charge in [0, 0.05) is 17.1 Å². The van der Waals surface area contributed by atoms with Gasteiger partial charge in [0.25, 0.3) is 0 Å². The van der Waals surface area contributed by atoms with Crippen molar-refractivity contribution < 1.29 is 13.2 Å². The second-order valence-electron chi connectivity index (χ2n) is 5.09. The summed E-state index contributed by atoms with van der Waals surface area (Å²) in [5.41, 5.74) is 1.14. The molecule has 0 radical (unpaired) electrons. The summed E-state index contributed by atoms with van der Waals surface area (Å²) in [5.74, 6) is 0. The average Bonchev–Trinajstić information content (AvgIpc) is 2.41. The first-order valence-corrected chi connectivity index (χ1v) is 7.86. The molecule has 0 spiro atoms. The van der Waals surface area contributed by atoms with Crippen LogP contribution in [0, 0.1) is 0 Å². The topological polar surface area (TPSA) is 15.3 Å². The van der Waals surface area contributed by atoms with Crippen LogP contribution >= 0.6 is 15.9 Å². The lowest BCUT2D eigenvalue weighted by Crippen LogP contribution is -2.29. The van der Waals surface area contributed by atoms with Crippen LogP contribution in [0.1, 0.15) is 31.4 Å². The van der Waals surface area contributed by atoms with Gasteiger partial charge in [-0.05, 0) is 38.2 Å². The molecule has 0 aliphatic heterocycles. The number of halogens is 4. The first kappa shape index (κ1) is 18.5. The molecule has 0 saturated carbocycles. The minimum atomic E-state index is -4.09. The molecule has 120 valence electrons. The molecule has 0 aromatic heterocycles. The monoisotopic (exact) mass is 366 g/mol. The van der Waals surface area contributed by atoms with E-state index in [-0.39, 0.29) is 12.6 Å². The number of benzene rings is 1. The molecule has 1 N–H and O–H groups in total. The Balaban J connectivity index is 2.54. The molecule has 1 unspecified atom stereocenters. The van der Waals surface area contributed by atoms with Crippen LogP contribution in [-0.4, -0.2) is 37.8 Å². The van der Waals surface area contributed by atoms with Gasteiger partial charge in [0.1, 0.15) is 0 Å². The second kappa shape index (κ2) is 8.76. The predicted molar refractivity (Wildman–Crippen MR) is 83.3 cm³/mol. The number of nitrogens with one attached hydrogen (secondary N) is 1. The van der Waals surface area contributed by atoms with Gasteiger partial charge in [-0.25, -0.2) is 0 Å². The Bertz CT molecular complexity index is 424. The van der Waals surface area contributed by atoms with Gasteiger partial charge in [-0.3, -0.25) is 0 Å². The molecule has 1 aromatic rings. The minimum Gasteiger partial charge on any atom is -0.310 e. The van der Waals surface area contributed by atoms with Gasteiger partial charge in [0.05, 0.1) is 6.42 Å². The van der Waals surface area contributed by atoms with Crippen molar-refractivity contribution in [2.75, 3.05) is 26.7 Å². The summed E-state index contributed by atoms with van der Waals surface area (Å²) in [6.45, 7) is 3.50. The van der Waals surface area contributed by atoms with Crippen molar-refractivity contribution in [3.05, 3.63) is 34.3 Å². The third-order valence-corrected chi connectivity index (χ3v) is 4.03. The van der Waals surface area contributed by atoms with Crippen molar-refractivity contribution in [3.63, 3.8) is 0 Å². The van der Waals surface area contributed by atoms with E-state index in [2.05, 4.69) is 21.2 Å². The summed E-state index contributed by atoms with van der Waals surface area (Å²) in [4.78, 5) is 1.73. The highest BCUT2D eigenvalue weighted by atomic mass is 79.9. The number of hydrogen-bond acceptors (Lipinski definition) is 2. The van der Waals surface area contributed by atoms with Crippen LogP contribution in [0.2, 0.25) is 0 Å². The molecular weight excluding hydrogens is 345 g/mol. The normalized spacial score (nSPS) is 13.7. The Kier molecular flexibility index (Phi) is 7.70. The average molecular weight is 367 g/mol. The van der Waals surface area contributed by atoms with Crippen molar-refractivity contribution >= 4 is 15.9 Å². The third-order valence-electron chi connectivity index (χ3n) is 3.31. The van der Waals surface area contributed by atoms with E-state index < -0.39 is 12.6 Å². The van der Waals surface area contributed by atoms with E-state index in [1.807, 2.05) is 31.2 Å². The zero-order valence-corrected chi connectivity index (χ0v) is 14.0. The fraction of sp³-hybridized carbons (Fsp3) is 0.600. The zero-order valence-electron chi connectivity index (χ0n) is 12.4. The fourth-order valence-electron chi connectivity index (χ4n) is 2.15. The highest BCUT2D eigenvalue weighted by Crippen LogP contribution is 2.26. The highest BCUT2D eigenvalue weighted by Gasteiger charge is 2.27. The molecule has 0 heterocycles. The molecule has 0 amide bonds. The molecular formula is C15H22BrF3N2. The number of nitrogens with zero attached hydrogens (tertiary/aromatic N) is 1. The van der Waals surface area contributed by atoms with Gasteiger partial charge < -0.3 is 10.2 Å². The highest BCUT2D eigenvalue weighted by molar-refractivity contribution is 9.10. The van der Waals surface area contributed by atoms with Crippen LogP contribution in [0.5, 0.6) is 0 Å². The molecule has 0 fully saturated rings. The lowest BCUT2D eigenvalue weighted by molar-refractivity contribution is -0.137. The molecule has 0 aliphatic carbocycles. The van der Waals surface area contributed by atoms with Gasteiger partial charge in [0.2, 0.25) is 0 Å². The Morgan fingerprint density at radius 1 is 1.24 bits per heavy atom. The Morgan fingerprint density at radius 2 is 1.90 bits per heavy atom.